The fraction of sp³-hybridized carbons (Fsp3) is 1.00. The Kier molecular flexibility index (Phi) is 5.73. The van der Waals surface area contributed by atoms with Crippen molar-refractivity contribution in [1.82, 2.24) is 5.32 Å². The summed E-state index contributed by atoms with van der Waals surface area (Å²) < 4.78 is 11.1. The van der Waals surface area contributed by atoms with Gasteiger partial charge in [0.2, 0.25) is 0 Å². The lowest BCUT2D eigenvalue weighted by Crippen LogP contribution is -2.33. The Morgan fingerprint density at radius 1 is 1.50 bits per heavy atom. The van der Waals surface area contributed by atoms with E-state index in [4.69, 9.17) is 9.47 Å². The fourth-order valence-electron chi connectivity index (χ4n) is 2.15. The van der Waals surface area contributed by atoms with Crippen molar-refractivity contribution in [3.63, 3.8) is 0 Å². The normalized spacial score (nSPS) is 23.6. The number of hydrogen-bond acceptors (Lipinski definition) is 3. The van der Waals surface area contributed by atoms with Crippen molar-refractivity contribution in [3.8, 4) is 0 Å². The molecule has 1 aliphatic rings. The molecule has 0 bridgehead atoms. The van der Waals surface area contributed by atoms with Gasteiger partial charge in [0.1, 0.15) is 0 Å². The number of methoxy groups -OCH3 is 1. The molecule has 3 nitrogen and oxygen atoms in total. The van der Waals surface area contributed by atoms with E-state index in [-0.39, 0.29) is 5.60 Å². The van der Waals surface area contributed by atoms with E-state index >= 15 is 0 Å². The van der Waals surface area contributed by atoms with Gasteiger partial charge in [-0.1, -0.05) is 0 Å². The minimum Gasteiger partial charge on any atom is -0.379 e. The molecule has 1 rings (SSSR count). The van der Waals surface area contributed by atoms with Gasteiger partial charge in [0, 0.05) is 19.8 Å². The summed E-state index contributed by atoms with van der Waals surface area (Å²) >= 11 is 0. The van der Waals surface area contributed by atoms with Crippen LogP contribution >= 0.6 is 0 Å². The van der Waals surface area contributed by atoms with Gasteiger partial charge in [-0.3, -0.25) is 0 Å². The van der Waals surface area contributed by atoms with E-state index in [1.54, 1.807) is 7.11 Å². The zero-order valence-electron chi connectivity index (χ0n) is 11.2. The van der Waals surface area contributed by atoms with Crippen LogP contribution in [0, 0.1) is 0 Å². The van der Waals surface area contributed by atoms with Crippen molar-refractivity contribution in [3.05, 3.63) is 0 Å². The summed E-state index contributed by atoms with van der Waals surface area (Å²) in [7, 11) is 3.83. The molecule has 2 unspecified atom stereocenters. The van der Waals surface area contributed by atoms with Crippen LogP contribution in [0.4, 0.5) is 0 Å². The van der Waals surface area contributed by atoms with Gasteiger partial charge in [-0.25, -0.2) is 0 Å². The fourth-order valence-corrected chi connectivity index (χ4v) is 2.15. The molecule has 96 valence electrons. The van der Waals surface area contributed by atoms with Crippen LogP contribution in [0.5, 0.6) is 0 Å². The standard InChI is InChI=1S/C13H27NO2/c1-13(2,15-4)8-7-11(14-3)10-12-6-5-9-16-12/h11-12,14H,5-10H2,1-4H3. The number of nitrogens with one attached hydrogen (secondary N) is 1. The molecule has 3 heteroatoms. The van der Waals surface area contributed by atoms with E-state index in [0.717, 1.165) is 25.9 Å². The van der Waals surface area contributed by atoms with Gasteiger partial charge in [0.15, 0.2) is 0 Å². The second kappa shape index (κ2) is 6.58. The van der Waals surface area contributed by atoms with Gasteiger partial charge in [-0.05, 0) is 53.0 Å². The Hall–Kier alpha value is -0.120. The maximum atomic E-state index is 5.67. The first-order valence-corrected chi connectivity index (χ1v) is 6.41. The van der Waals surface area contributed by atoms with Crippen LogP contribution in [-0.4, -0.2) is 38.5 Å². The van der Waals surface area contributed by atoms with E-state index in [1.165, 1.54) is 12.8 Å². The molecule has 1 heterocycles. The Bertz CT molecular complexity index is 188. The summed E-state index contributed by atoms with van der Waals surface area (Å²) in [4.78, 5) is 0. The van der Waals surface area contributed by atoms with Gasteiger partial charge in [-0.15, -0.1) is 0 Å². The molecule has 0 spiro atoms. The minimum atomic E-state index is -0.00830. The van der Waals surface area contributed by atoms with Crippen LogP contribution < -0.4 is 5.32 Å². The van der Waals surface area contributed by atoms with Crippen LogP contribution in [-0.2, 0) is 9.47 Å². The van der Waals surface area contributed by atoms with E-state index in [1.807, 2.05) is 7.05 Å². The lowest BCUT2D eigenvalue weighted by Gasteiger charge is -2.26. The molecule has 0 aromatic rings. The third-order valence-corrected chi connectivity index (χ3v) is 3.63. The Morgan fingerprint density at radius 2 is 2.25 bits per heavy atom. The van der Waals surface area contributed by atoms with Crippen LogP contribution in [0.25, 0.3) is 0 Å². The average molecular weight is 229 g/mol. The Morgan fingerprint density at radius 3 is 2.75 bits per heavy atom. The summed E-state index contributed by atoms with van der Waals surface area (Å²) in [5, 5.41) is 3.39. The minimum absolute atomic E-state index is 0.00830. The molecule has 0 aliphatic carbocycles. The predicted molar refractivity (Wildman–Crippen MR) is 66.8 cm³/mol. The SMILES string of the molecule is CNC(CCC(C)(C)OC)CC1CCCO1. The van der Waals surface area contributed by atoms with E-state index in [2.05, 4.69) is 19.2 Å². The van der Waals surface area contributed by atoms with Crippen molar-refractivity contribution < 1.29 is 9.47 Å². The van der Waals surface area contributed by atoms with E-state index in [9.17, 15) is 0 Å². The first kappa shape index (κ1) is 13.9. The average Bonchev–Trinajstić information content (AvgIpc) is 2.77. The lowest BCUT2D eigenvalue weighted by molar-refractivity contribution is 0.00983. The highest BCUT2D eigenvalue weighted by Gasteiger charge is 2.23. The zero-order valence-corrected chi connectivity index (χ0v) is 11.2. The highest BCUT2D eigenvalue weighted by molar-refractivity contribution is 4.77. The summed E-state index contributed by atoms with van der Waals surface area (Å²) in [5.74, 6) is 0. The molecule has 0 saturated carbocycles. The molecule has 0 aromatic heterocycles. The quantitative estimate of drug-likeness (QED) is 0.727. The monoisotopic (exact) mass is 229 g/mol. The molecule has 1 saturated heterocycles. The second-order valence-electron chi connectivity index (χ2n) is 5.36. The molecular weight excluding hydrogens is 202 g/mol. The topological polar surface area (TPSA) is 30.5 Å². The van der Waals surface area contributed by atoms with Crippen molar-refractivity contribution in [2.75, 3.05) is 20.8 Å². The van der Waals surface area contributed by atoms with Crippen molar-refractivity contribution in [2.45, 2.75) is 63.7 Å². The summed E-state index contributed by atoms with van der Waals surface area (Å²) in [5.41, 5.74) is -0.00830. The molecule has 2 atom stereocenters. The highest BCUT2D eigenvalue weighted by Crippen LogP contribution is 2.22. The van der Waals surface area contributed by atoms with Crippen LogP contribution in [0.2, 0.25) is 0 Å². The van der Waals surface area contributed by atoms with Gasteiger partial charge < -0.3 is 14.8 Å². The van der Waals surface area contributed by atoms with Crippen molar-refractivity contribution in [1.29, 1.82) is 0 Å². The third kappa shape index (κ3) is 4.81. The van der Waals surface area contributed by atoms with Gasteiger partial charge in [-0.2, -0.15) is 0 Å². The van der Waals surface area contributed by atoms with Gasteiger partial charge in [0.25, 0.3) is 0 Å². The maximum Gasteiger partial charge on any atom is 0.0623 e. The molecule has 1 N–H and O–H groups in total. The number of ether oxygens (including phenoxy) is 2. The van der Waals surface area contributed by atoms with E-state index < -0.39 is 0 Å². The third-order valence-electron chi connectivity index (χ3n) is 3.63. The maximum absolute atomic E-state index is 5.67. The van der Waals surface area contributed by atoms with Gasteiger partial charge >= 0.3 is 0 Å². The Labute approximate surface area is 99.9 Å². The summed E-state index contributed by atoms with van der Waals surface area (Å²) in [6.07, 6.45) is 6.30. The first-order valence-electron chi connectivity index (χ1n) is 6.41. The molecule has 0 amide bonds. The zero-order chi connectivity index (χ0) is 12.0. The predicted octanol–water partition coefficient (Wildman–Crippen LogP) is 2.35. The molecule has 1 aliphatic heterocycles. The van der Waals surface area contributed by atoms with Gasteiger partial charge in [0.05, 0.1) is 11.7 Å². The summed E-state index contributed by atoms with van der Waals surface area (Å²) in [6.45, 7) is 5.24. The van der Waals surface area contributed by atoms with Crippen LogP contribution in [0.1, 0.15) is 46.0 Å². The van der Waals surface area contributed by atoms with E-state index in [0.29, 0.717) is 12.1 Å². The lowest BCUT2D eigenvalue weighted by atomic mass is 9.95. The second-order valence-corrected chi connectivity index (χ2v) is 5.36. The van der Waals surface area contributed by atoms with Crippen LogP contribution in [0.15, 0.2) is 0 Å². The van der Waals surface area contributed by atoms with Crippen molar-refractivity contribution >= 4 is 0 Å². The first-order chi connectivity index (χ1) is 7.57. The largest absolute Gasteiger partial charge is 0.379 e. The van der Waals surface area contributed by atoms with Crippen LogP contribution in [0.3, 0.4) is 0 Å². The highest BCUT2D eigenvalue weighted by atomic mass is 16.5. The molecule has 0 aromatic carbocycles. The van der Waals surface area contributed by atoms with Crippen molar-refractivity contribution in [2.24, 2.45) is 0 Å². The smallest absolute Gasteiger partial charge is 0.0623 e. The molecule has 1 fully saturated rings. The number of rotatable bonds is 7. The molecular formula is C13H27NO2. The molecule has 0 radical (unpaired) electrons. The summed E-state index contributed by atoms with van der Waals surface area (Å²) in [6, 6.07) is 0.553. The molecule has 16 heavy (non-hydrogen) atoms. The number of hydrogen-bond donors (Lipinski definition) is 1. The Balaban J connectivity index is 2.25.